The molecule has 0 aliphatic heterocycles. The maximum atomic E-state index is 12.7. The molecule has 6 heteroatoms. The molecule has 0 aliphatic carbocycles. The van der Waals surface area contributed by atoms with Gasteiger partial charge in [-0.2, -0.15) is 0 Å². The van der Waals surface area contributed by atoms with Gasteiger partial charge in [-0.1, -0.05) is 65.8 Å². The van der Waals surface area contributed by atoms with Gasteiger partial charge in [-0.25, -0.2) is 0 Å². The fourth-order valence-corrected chi connectivity index (χ4v) is 3.66. The fourth-order valence-electron chi connectivity index (χ4n) is 3.66. The van der Waals surface area contributed by atoms with Gasteiger partial charge in [0.15, 0.2) is 5.75 Å². The van der Waals surface area contributed by atoms with Crippen LogP contribution in [0.4, 0.5) is 11.4 Å². The molecule has 3 N–H and O–H groups in total. The second kappa shape index (κ2) is 9.59. The van der Waals surface area contributed by atoms with E-state index in [4.69, 9.17) is 4.74 Å². The Kier molecular flexibility index (Phi) is 7.01. The molecule has 0 radical (unpaired) electrons. The third-order valence-electron chi connectivity index (χ3n) is 5.46. The molecule has 34 heavy (non-hydrogen) atoms. The van der Waals surface area contributed by atoms with E-state index in [0.29, 0.717) is 17.8 Å². The molecule has 6 nitrogen and oxygen atoms in total. The average Bonchev–Trinajstić information content (AvgIpc) is 2.75. The molecule has 3 aromatic rings. The summed E-state index contributed by atoms with van der Waals surface area (Å²) in [7, 11) is 0. The maximum absolute atomic E-state index is 12.7. The van der Waals surface area contributed by atoms with E-state index in [1.807, 2.05) is 0 Å². The number of carbonyl (C=O) groups is 2. The van der Waals surface area contributed by atoms with Crippen LogP contribution in [0.25, 0.3) is 0 Å². The number of amides is 2. The van der Waals surface area contributed by atoms with Crippen LogP contribution < -0.4 is 15.4 Å². The lowest BCUT2D eigenvalue weighted by molar-refractivity contribution is -0.105. The van der Waals surface area contributed by atoms with Gasteiger partial charge in [-0.15, -0.1) is 0 Å². The number of ether oxygens (including phenoxy) is 1. The van der Waals surface area contributed by atoms with Crippen LogP contribution in [-0.4, -0.2) is 17.4 Å². The van der Waals surface area contributed by atoms with Crippen LogP contribution in [-0.2, 0) is 15.6 Å². The predicted molar refractivity (Wildman–Crippen MR) is 136 cm³/mol. The number of para-hydroxylation sites is 2. The van der Waals surface area contributed by atoms with Gasteiger partial charge in [0.1, 0.15) is 11.5 Å². The van der Waals surface area contributed by atoms with Crippen LogP contribution in [0.15, 0.2) is 60.7 Å². The highest BCUT2D eigenvalue weighted by Crippen LogP contribution is 2.41. The minimum absolute atomic E-state index is 0.0566. The first-order valence-corrected chi connectivity index (χ1v) is 11.2. The van der Waals surface area contributed by atoms with Crippen molar-refractivity contribution in [1.29, 1.82) is 0 Å². The number of nitrogens with one attached hydrogen (secondary N) is 2. The Hall–Kier alpha value is -3.80. The Balaban J connectivity index is 1.85. The molecule has 0 unspecified atom stereocenters. The second-order valence-corrected chi connectivity index (χ2v) is 10.2. The maximum Gasteiger partial charge on any atom is 0.259 e. The predicted octanol–water partition coefficient (Wildman–Crippen LogP) is 6.60. The fraction of sp³-hybridized carbons (Fsp3) is 0.286. The first-order valence-electron chi connectivity index (χ1n) is 11.2. The van der Waals surface area contributed by atoms with Crippen LogP contribution in [0.2, 0.25) is 0 Å². The number of phenols is 1. The Morgan fingerprint density at radius 2 is 1.41 bits per heavy atom. The van der Waals surface area contributed by atoms with Crippen molar-refractivity contribution >= 4 is 23.7 Å². The monoisotopic (exact) mass is 460 g/mol. The van der Waals surface area contributed by atoms with Gasteiger partial charge >= 0.3 is 0 Å². The van der Waals surface area contributed by atoms with Gasteiger partial charge in [0, 0.05) is 16.8 Å². The van der Waals surface area contributed by atoms with Crippen molar-refractivity contribution < 1.29 is 19.4 Å². The summed E-state index contributed by atoms with van der Waals surface area (Å²) in [4.78, 5) is 23.3. The highest BCUT2D eigenvalue weighted by atomic mass is 16.5. The molecule has 0 saturated heterocycles. The van der Waals surface area contributed by atoms with E-state index in [1.54, 1.807) is 30.3 Å². The summed E-state index contributed by atoms with van der Waals surface area (Å²) in [6.45, 7) is 13.0. The van der Waals surface area contributed by atoms with Crippen LogP contribution in [0.1, 0.15) is 63.0 Å². The molecule has 0 saturated carbocycles. The summed E-state index contributed by atoms with van der Waals surface area (Å²) in [5, 5.41) is 15.4. The molecular weight excluding hydrogens is 428 g/mol. The van der Waals surface area contributed by atoms with Gasteiger partial charge in [-0.05, 0) is 47.2 Å². The number of aromatic hydroxyl groups is 1. The highest BCUT2D eigenvalue weighted by molar-refractivity contribution is 6.07. The number of benzene rings is 3. The Bertz CT molecular complexity index is 1150. The second-order valence-electron chi connectivity index (χ2n) is 10.2. The lowest BCUT2D eigenvalue weighted by atomic mass is 9.79. The van der Waals surface area contributed by atoms with Crippen molar-refractivity contribution in [2.75, 3.05) is 10.6 Å². The third-order valence-corrected chi connectivity index (χ3v) is 5.46. The Morgan fingerprint density at radius 3 is 1.94 bits per heavy atom. The molecular formula is C28H32N2O4. The summed E-state index contributed by atoms with van der Waals surface area (Å²) in [5.41, 5.74) is 2.82. The van der Waals surface area contributed by atoms with E-state index in [9.17, 15) is 14.7 Å². The third kappa shape index (κ3) is 5.57. The van der Waals surface area contributed by atoms with E-state index >= 15 is 0 Å². The average molecular weight is 461 g/mol. The van der Waals surface area contributed by atoms with Crippen LogP contribution in [0, 0.1) is 0 Å². The molecule has 0 spiro atoms. The van der Waals surface area contributed by atoms with Crippen LogP contribution >= 0.6 is 0 Å². The van der Waals surface area contributed by atoms with E-state index < -0.39 is 5.91 Å². The number of rotatable bonds is 6. The van der Waals surface area contributed by atoms with Crippen molar-refractivity contribution in [3.05, 3.63) is 77.4 Å². The van der Waals surface area contributed by atoms with Crippen molar-refractivity contribution in [3.63, 3.8) is 0 Å². The quantitative estimate of drug-likeness (QED) is 0.286. The number of carbonyl (C=O) groups excluding carboxylic acids is 2. The molecule has 3 rings (SSSR count). The molecule has 0 aliphatic rings. The van der Waals surface area contributed by atoms with E-state index in [1.165, 1.54) is 12.1 Å². The summed E-state index contributed by atoms with van der Waals surface area (Å²) in [6, 6.07) is 17.9. The van der Waals surface area contributed by atoms with Crippen molar-refractivity contribution in [2.45, 2.75) is 52.4 Å². The van der Waals surface area contributed by atoms with Gasteiger partial charge in [-0.3, -0.25) is 9.59 Å². The molecule has 0 atom stereocenters. The largest absolute Gasteiger partial charge is 0.505 e. The Morgan fingerprint density at radius 1 is 0.853 bits per heavy atom. The van der Waals surface area contributed by atoms with Crippen molar-refractivity contribution in [1.82, 2.24) is 0 Å². The standard InChI is InChI=1S/C28H32N2O4/c1-27(2,3)21-10-8-11-22(28(4,5)6)25(21)34-19-15-13-18(14-16-19)30-26(33)20-9-7-12-23(24(20)32)29-17-31/h7-17,32H,1-6H3,(H,29,31)(H,30,33). The molecule has 0 heterocycles. The zero-order valence-corrected chi connectivity index (χ0v) is 20.5. The van der Waals surface area contributed by atoms with Crippen molar-refractivity contribution in [2.24, 2.45) is 0 Å². The SMILES string of the molecule is CC(C)(C)c1cccc(C(C)(C)C)c1Oc1ccc(NC(=O)c2cccc(NC=O)c2O)cc1. The number of phenolic OH excluding ortho intramolecular Hbond substituents is 1. The summed E-state index contributed by atoms with van der Waals surface area (Å²) < 4.78 is 6.41. The number of anilines is 2. The molecule has 0 aromatic heterocycles. The first-order chi connectivity index (χ1) is 15.9. The van der Waals surface area contributed by atoms with E-state index in [0.717, 1.165) is 16.9 Å². The highest BCUT2D eigenvalue weighted by Gasteiger charge is 2.27. The van der Waals surface area contributed by atoms with E-state index in [2.05, 4.69) is 70.4 Å². The smallest absolute Gasteiger partial charge is 0.259 e. The molecule has 178 valence electrons. The number of hydrogen-bond acceptors (Lipinski definition) is 4. The van der Waals surface area contributed by atoms with Crippen LogP contribution in [0.3, 0.4) is 0 Å². The van der Waals surface area contributed by atoms with Crippen molar-refractivity contribution in [3.8, 4) is 17.2 Å². The van der Waals surface area contributed by atoms with Gasteiger partial charge in [0.05, 0.1) is 11.3 Å². The molecule has 0 fully saturated rings. The summed E-state index contributed by atoms with van der Waals surface area (Å²) in [5.74, 6) is 0.721. The number of hydrogen-bond donors (Lipinski definition) is 3. The van der Waals surface area contributed by atoms with Crippen LogP contribution in [0.5, 0.6) is 17.2 Å². The van der Waals surface area contributed by atoms with Gasteiger partial charge in [0.2, 0.25) is 6.41 Å². The minimum Gasteiger partial charge on any atom is -0.505 e. The summed E-state index contributed by atoms with van der Waals surface area (Å²) >= 11 is 0. The Labute approximate surface area is 201 Å². The topological polar surface area (TPSA) is 87.7 Å². The normalized spacial score (nSPS) is 11.6. The van der Waals surface area contributed by atoms with E-state index in [-0.39, 0.29) is 27.8 Å². The molecule has 0 bridgehead atoms. The lowest BCUT2D eigenvalue weighted by Crippen LogP contribution is -2.18. The minimum atomic E-state index is -0.492. The van der Waals surface area contributed by atoms with Gasteiger partial charge < -0.3 is 20.5 Å². The summed E-state index contributed by atoms with van der Waals surface area (Å²) in [6.07, 6.45) is 0.443. The first kappa shape index (κ1) is 24.8. The van der Waals surface area contributed by atoms with Gasteiger partial charge in [0.25, 0.3) is 5.91 Å². The zero-order valence-electron chi connectivity index (χ0n) is 20.5. The lowest BCUT2D eigenvalue weighted by Gasteiger charge is -2.29. The molecule has 2 amide bonds. The molecule has 3 aromatic carbocycles. The zero-order chi connectivity index (χ0) is 25.1.